The summed E-state index contributed by atoms with van der Waals surface area (Å²) in [5.74, 6) is -0.648. The van der Waals surface area contributed by atoms with Gasteiger partial charge in [-0.05, 0) is 26.0 Å². The van der Waals surface area contributed by atoms with E-state index in [2.05, 4.69) is 23.8 Å². The van der Waals surface area contributed by atoms with Crippen LogP contribution in [0, 0.1) is 5.92 Å². The van der Waals surface area contributed by atoms with Crippen molar-refractivity contribution in [3.8, 4) is 0 Å². The first-order valence-electron chi connectivity index (χ1n) is 6.49. The third-order valence-electron chi connectivity index (χ3n) is 3.54. The Kier molecular flexibility index (Phi) is 3.55. The molecule has 0 saturated carbocycles. The van der Waals surface area contributed by atoms with Crippen LogP contribution in [0.2, 0.25) is 0 Å². The molecule has 0 radical (unpaired) electrons. The van der Waals surface area contributed by atoms with Crippen LogP contribution in [0.25, 0.3) is 11.2 Å². The highest BCUT2D eigenvalue weighted by Gasteiger charge is 2.27. The third kappa shape index (κ3) is 2.32. The Morgan fingerprint density at radius 3 is 2.58 bits per heavy atom. The summed E-state index contributed by atoms with van der Waals surface area (Å²) in [5.41, 5.74) is 1.63. The highest BCUT2D eigenvalue weighted by atomic mass is 16.4. The smallest absolute Gasteiger partial charge is 0.306 e. The number of nitrogens with zero attached hydrogens (tertiary/aromatic N) is 3. The molecule has 0 bridgehead atoms. The van der Waals surface area contributed by atoms with Gasteiger partial charge in [0.05, 0.1) is 5.92 Å². The Morgan fingerprint density at radius 2 is 2.00 bits per heavy atom. The minimum Gasteiger partial charge on any atom is -0.481 e. The van der Waals surface area contributed by atoms with Crippen molar-refractivity contribution in [3.63, 3.8) is 0 Å². The summed E-state index contributed by atoms with van der Waals surface area (Å²) in [7, 11) is 0. The van der Waals surface area contributed by atoms with Crippen molar-refractivity contribution in [3.05, 3.63) is 24.2 Å². The average molecular weight is 261 g/mol. The summed E-state index contributed by atoms with van der Waals surface area (Å²) in [6.45, 7) is 7.72. The molecule has 2 aromatic heterocycles. The van der Waals surface area contributed by atoms with Gasteiger partial charge in [0.1, 0.15) is 11.3 Å². The fourth-order valence-electron chi connectivity index (χ4n) is 2.21. The van der Waals surface area contributed by atoms with Gasteiger partial charge in [-0.1, -0.05) is 13.8 Å². The van der Waals surface area contributed by atoms with E-state index in [1.165, 1.54) is 0 Å². The minimum atomic E-state index is -0.803. The SMILES string of the molecule is CC(C(=O)O)C(C)c1nc2cccnc2n1C(C)C. The fourth-order valence-corrected chi connectivity index (χ4v) is 2.21. The lowest BCUT2D eigenvalue weighted by Crippen LogP contribution is -2.20. The van der Waals surface area contributed by atoms with Crippen LogP contribution in [0.15, 0.2) is 18.3 Å². The maximum atomic E-state index is 11.2. The molecule has 1 N–H and O–H groups in total. The van der Waals surface area contributed by atoms with Crippen molar-refractivity contribution < 1.29 is 9.90 Å². The molecule has 0 aliphatic carbocycles. The number of pyridine rings is 1. The number of carbonyl (C=O) groups is 1. The molecule has 2 atom stereocenters. The first-order valence-corrected chi connectivity index (χ1v) is 6.49. The Labute approximate surface area is 112 Å². The van der Waals surface area contributed by atoms with Gasteiger partial charge in [0.15, 0.2) is 5.65 Å². The van der Waals surface area contributed by atoms with Crippen LogP contribution in [0.5, 0.6) is 0 Å². The Balaban J connectivity index is 2.59. The van der Waals surface area contributed by atoms with Gasteiger partial charge in [-0.3, -0.25) is 4.79 Å². The number of carboxylic acids is 1. The number of aromatic nitrogens is 3. The molecule has 2 rings (SSSR count). The summed E-state index contributed by atoms with van der Waals surface area (Å²) in [4.78, 5) is 20.1. The molecule has 0 amide bonds. The normalized spacial score (nSPS) is 14.8. The van der Waals surface area contributed by atoms with Crippen LogP contribution in [0.1, 0.15) is 45.5 Å². The Hall–Kier alpha value is -1.91. The number of imidazole rings is 1. The van der Waals surface area contributed by atoms with Gasteiger partial charge < -0.3 is 9.67 Å². The van der Waals surface area contributed by atoms with Crippen molar-refractivity contribution >= 4 is 17.1 Å². The van der Waals surface area contributed by atoms with Crippen LogP contribution >= 0.6 is 0 Å². The number of fused-ring (bicyclic) bond motifs is 1. The molecular weight excluding hydrogens is 242 g/mol. The fraction of sp³-hybridized carbons (Fsp3) is 0.500. The van der Waals surface area contributed by atoms with E-state index in [4.69, 9.17) is 5.11 Å². The van der Waals surface area contributed by atoms with Gasteiger partial charge in [-0.25, -0.2) is 9.97 Å². The van der Waals surface area contributed by atoms with Gasteiger partial charge in [0.25, 0.3) is 0 Å². The summed E-state index contributed by atoms with van der Waals surface area (Å²) < 4.78 is 2.03. The van der Waals surface area contributed by atoms with Gasteiger partial charge in [0, 0.05) is 18.2 Å². The Bertz CT molecular complexity index is 604. The lowest BCUT2D eigenvalue weighted by Gasteiger charge is -2.19. The highest BCUT2D eigenvalue weighted by molar-refractivity contribution is 5.73. The first kappa shape index (κ1) is 13.5. The Morgan fingerprint density at radius 1 is 1.32 bits per heavy atom. The van der Waals surface area contributed by atoms with Crippen molar-refractivity contribution in [2.75, 3.05) is 0 Å². The van der Waals surface area contributed by atoms with E-state index in [1.807, 2.05) is 23.6 Å². The van der Waals surface area contributed by atoms with Gasteiger partial charge in [-0.2, -0.15) is 0 Å². The van der Waals surface area contributed by atoms with Crippen molar-refractivity contribution in [2.24, 2.45) is 5.92 Å². The highest BCUT2D eigenvalue weighted by Crippen LogP contribution is 2.29. The molecular formula is C14H19N3O2. The van der Waals surface area contributed by atoms with Gasteiger partial charge in [0.2, 0.25) is 0 Å². The lowest BCUT2D eigenvalue weighted by atomic mass is 9.95. The largest absolute Gasteiger partial charge is 0.481 e. The van der Waals surface area contributed by atoms with Crippen LogP contribution in [-0.4, -0.2) is 25.6 Å². The summed E-state index contributed by atoms with van der Waals surface area (Å²) in [6, 6.07) is 3.94. The number of carboxylic acid groups (broad SMARTS) is 1. The maximum absolute atomic E-state index is 11.2. The number of hydrogen-bond donors (Lipinski definition) is 1. The molecule has 5 nitrogen and oxygen atoms in total. The van der Waals surface area contributed by atoms with Crippen molar-refractivity contribution in [1.82, 2.24) is 14.5 Å². The molecule has 5 heteroatoms. The molecule has 0 saturated heterocycles. The molecule has 19 heavy (non-hydrogen) atoms. The van der Waals surface area contributed by atoms with E-state index < -0.39 is 11.9 Å². The number of aliphatic carboxylic acids is 1. The second-order valence-electron chi connectivity index (χ2n) is 5.20. The lowest BCUT2D eigenvalue weighted by molar-refractivity contribution is -0.141. The molecule has 102 valence electrons. The molecule has 2 aromatic rings. The maximum Gasteiger partial charge on any atom is 0.306 e. The molecule has 2 heterocycles. The summed E-state index contributed by atoms with van der Waals surface area (Å²) >= 11 is 0. The van der Waals surface area contributed by atoms with Gasteiger partial charge in [-0.15, -0.1) is 0 Å². The van der Waals surface area contributed by atoms with Crippen molar-refractivity contribution in [2.45, 2.75) is 39.7 Å². The summed E-state index contributed by atoms with van der Waals surface area (Å²) in [5, 5.41) is 9.17. The van der Waals surface area contributed by atoms with E-state index in [0.29, 0.717) is 0 Å². The molecule has 0 spiro atoms. The van der Waals surface area contributed by atoms with Crippen molar-refractivity contribution in [1.29, 1.82) is 0 Å². The van der Waals surface area contributed by atoms with E-state index >= 15 is 0 Å². The van der Waals surface area contributed by atoms with Crippen LogP contribution in [-0.2, 0) is 4.79 Å². The first-order chi connectivity index (χ1) is 8.93. The molecule has 0 aliphatic rings. The average Bonchev–Trinajstić information content (AvgIpc) is 2.75. The molecule has 0 aliphatic heterocycles. The second-order valence-corrected chi connectivity index (χ2v) is 5.20. The van der Waals surface area contributed by atoms with E-state index in [0.717, 1.165) is 17.0 Å². The van der Waals surface area contributed by atoms with E-state index in [1.54, 1.807) is 13.1 Å². The zero-order chi connectivity index (χ0) is 14.2. The molecule has 2 unspecified atom stereocenters. The van der Waals surface area contributed by atoms with Crippen LogP contribution in [0.3, 0.4) is 0 Å². The third-order valence-corrected chi connectivity index (χ3v) is 3.54. The zero-order valence-electron chi connectivity index (χ0n) is 11.7. The van der Waals surface area contributed by atoms with E-state index in [-0.39, 0.29) is 12.0 Å². The summed E-state index contributed by atoms with van der Waals surface area (Å²) in [6.07, 6.45) is 1.73. The monoisotopic (exact) mass is 261 g/mol. The molecule has 0 fully saturated rings. The second kappa shape index (κ2) is 4.99. The van der Waals surface area contributed by atoms with Crippen LogP contribution < -0.4 is 0 Å². The predicted octanol–water partition coefficient (Wildman–Crippen LogP) is 2.84. The topological polar surface area (TPSA) is 68.0 Å². The molecule has 0 aromatic carbocycles. The number of hydrogen-bond acceptors (Lipinski definition) is 3. The quantitative estimate of drug-likeness (QED) is 0.918. The predicted molar refractivity (Wildman–Crippen MR) is 73.1 cm³/mol. The number of rotatable bonds is 4. The van der Waals surface area contributed by atoms with E-state index in [9.17, 15) is 4.79 Å². The standard InChI is InChI=1S/C14H19N3O2/c1-8(2)17-12(9(3)10(4)14(18)19)16-11-6-5-7-15-13(11)17/h5-10H,1-4H3,(H,18,19). The minimum absolute atomic E-state index is 0.158. The van der Waals surface area contributed by atoms with Crippen LogP contribution in [0.4, 0.5) is 0 Å². The zero-order valence-corrected chi connectivity index (χ0v) is 11.7. The van der Waals surface area contributed by atoms with Gasteiger partial charge >= 0.3 is 5.97 Å².